The average molecular weight is 315 g/mol. The van der Waals surface area contributed by atoms with Crippen LogP contribution in [-0.4, -0.2) is 50.7 Å². The van der Waals surface area contributed by atoms with Gasteiger partial charge in [0.1, 0.15) is 5.69 Å². The summed E-state index contributed by atoms with van der Waals surface area (Å²) in [4.78, 5) is 13.7. The lowest BCUT2D eigenvalue weighted by Crippen LogP contribution is -2.42. The number of benzene rings is 1. The molecular formula is C16H21N5O2. The highest BCUT2D eigenvalue weighted by atomic mass is 16.3. The van der Waals surface area contributed by atoms with Gasteiger partial charge in [0.05, 0.1) is 24.5 Å². The minimum atomic E-state index is -0.300. The van der Waals surface area contributed by atoms with Crippen LogP contribution in [0.5, 0.6) is 0 Å². The smallest absolute Gasteiger partial charge is 0.318 e. The number of rotatable bonds is 7. The summed E-state index contributed by atoms with van der Waals surface area (Å²) in [6.07, 6.45) is 3.40. The number of aromatic nitrogens is 3. The summed E-state index contributed by atoms with van der Waals surface area (Å²) in [6.45, 7) is 5.97. The van der Waals surface area contributed by atoms with Crippen LogP contribution >= 0.6 is 0 Å². The molecule has 0 aliphatic carbocycles. The predicted molar refractivity (Wildman–Crippen MR) is 87.2 cm³/mol. The number of para-hydroxylation sites is 1. The van der Waals surface area contributed by atoms with E-state index in [1.165, 1.54) is 4.90 Å². The van der Waals surface area contributed by atoms with Crippen LogP contribution in [0.15, 0.2) is 49.2 Å². The van der Waals surface area contributed by atoms with E-state index in [2.05, 4.69) is 22.2 Å². The van der Waals surface area contributed by atoms with E-state index in [9.17, 15) is 4.79 Å². The highest BCUT2D eigenvalue weighted by Gasteiger charge is 2.17. The quantitative estimate of drug-likeness (QED) is 0.759. The Labute approximate surface area is 135 Å². The van der Waals surface area contributed by atoms with Gasteiger partial charge in [-0.2, -0.15) is 0 Å². The second kappa shape index (κ2) is 8.09. The number of aliphatic hydroxyl groups excluding tert-OH is 1. The van der Waals surface area contributed by atoms with Crippen LogP contribution < -0.4 is 5.32 Å². The molecule has 0 spiro atoms. The Morgan fingerprint density at radius 3 is 2.87 bits per heavy atom. The van der Waals surface area contributed by atoms with Gasteiger partial charge in [-0.1, -0.05) is 29.5 Å². The van der Waals surface area contributed by atoms with Gasteiger partial charge < -0.3 is 15.3 Å². The van der Waals surface area contributed by atoms with Crippen molar-refractivity contribution in [2.45, 2.75) is 13.0 Å². The van der Waals surface area contributed by atoms with E-state index < -0.39 is 0 Å². The molecule has 0 aliphatic rings. The molecule has 0 saturated heterocycles. The fraction of sp³-hybridized carbons (Fsp3) is 0.312. The van der Waals surface area contributed by atoms with Gasteiger partial charge >= 0.3 is 6.03 Å². The number of carbonyl (C=O) groups is 1. The van der Waals surface area contributed by atoms with Gasteiger partial charge in [0, 0.05) is 13.1 Å². The van der Waals surface area contributed by atoms with Crippen LogP contribution in [0.1, 0.15) is 18.7 Å². The minimum absolute atomic E-state index is 0.0974. The van der Waals surface area contributed by atoms with Gasteiger partial charge in [-0.25, -0.2) is 9.48 Å². The Morgan fingerprint density at radius 2 is 2.22 bits per heavy atom. The molecule has 0 bridgehead atoms. The van der Waals surface area contributed by atoms with Crippen molar-refractivity contribution in [2.75, 3.05) is 19.7 Å². The number of hydrogen-bond acceptors (Lipinski definition) is 4. The summed E-state index contributed by atoms with van der Waals surface area (Å²) in [5.41, 5.74) is 1.56. The van der Waals surface area contributed by atoms with Crippen molar-refractivity contribution in [3.05, 3.63) is 54.9 Å². The zero-order chi connectivity index (χ0) is 16.7. The normalized spacial score (nSPS) is 11.7. The molecule has 1 unspecified atom stereocenters. The van der Waals surface area contributed by atoms with E-state index >= 15 is 0 Å². The van der Waals surface area contributed by atoms with Gasteiger partial charge in [-0.15, -0.1) is 11.7 Å². The summed E-state index contributed by atoms with van der Waals surface area (Å²) in [6, 6.07) is 9.04. The molecule has 7 heteroatoms. The van der Waals surface area contributed by atoms with Gasteiger partial charge in [-0.3, -0.25) is 0 Å². The van der Waals surface area contributed by atoms with Crippen molar-refractivity contribution in [1.82, 2.24) is 25.2 Å². The highest BCUT2D eigenvalue weighted by molar-refractivity contribution is 5.74. The zero-order valence-corrected chi connectivity index (χ0v) is 13.1. The average Bonchev–Trinajstić information content (AvgIpc) is 3.05. The van der Waals surface area contributed by atoms with Crippen LogP contribution in [0.3, 0.4) is 0 Å². The third kappa shape index (κ3) is 4.40. The lowest BCUT2D eigenvalue weighted by atomic mass is 10.2. The second-order valence-electron chi connectivity index (χ2n) is 5.05. The van der Waals surface area contributed by atoms with E-state index in [4.69, 9.17) is 5.11 Å². The molecule has 1 aromatic carbocycles. The number of amides is 2. The standard InChI is InChI=1S/C16H21N5O2/c1-3-9-20(10-11-22)16(23)17-13(2)15-12-21(19-18-15)14-7-5-4-6-8-14/h3-8,12-13,22H,1,9-11H2,2H3,(H,17,23). The van der Waals surface area contributed by atoms with Crippen LogP contribution in [0.25, 0.3) is 5.69 Å². The van der Waals surface area contributed by atoms with Gasteiger partial charge in [-0.05, 0) is 19.1 Å². The molecule has 2 aromatic rings. The first-order valence-electron chi connectivity index (χ1n) is 7.40. The van der Waals surface area contributed by atoms with Crippen molar-refractivity contribution in [3.63, 3.8) is 0 Å². The number of hydrogen-bond donors (Lipinski definition) is 2. The van der Waals surface area contributed by atoms with Gasteiger partial charge in [0.2, 0.25) is 0 Å². The van der Waals surface area contributed by atoms with Crippen LogP contribution in [0.2, 0.25) is 0 Å². The Hall–Kier alpha value is -2.67. The molecule has 7 nitrogen and oxygen atoms in total. The molecule has 0 saturated carbocycles. The van der Waals surface area contributed by atoms with Crippen molar-refractivity contribution >= 4 is 6.03 Å². The summed E-state index contributed by atoms with van der Waals surface area (Å²) in [7, 11) is 0. The molecule has 0 fully saturated rings. The molecule has 0 aliphatic heterocycles. The third-order valence-corrected chi connectivity index (χ3v) is 3.32. The first kappa shape index (κ1) is 16.7. The van der Waals surface area contributed by atoms with Crippen molar-refractivity contribution in [2.24, 2.45) is 0 Å². The molecule has 23 heavy (non-hydrogen) atoms. The molecule has 1 aromatic heterocycles. The largest absolute Gasteiger partial charge is 0.395 e. The molecule has 2 amide bonds. The molecule has 1 atom stereocenters. The van der Waals surface area contributed by atoms with E-state index in [-0.39, 0.29) is 25.2 Å². The number of urea groups is 1. The van der Waals surface area contributed by atoms with Gasteiger partial charge in [0.25, 0.3) is 0 Å². The lowest BCUT2D eigenvalue weighted by molar-refractivity contribution is 0.181. The first-order valence-corrected chi connectivity index (χ1v) is 7.40. The maximum atomic E-state index is 12.2. The molecule has 1 heterocycles. The minimum Gasteiger partial charge on any atom is -0.395 e. The fourth-order valence-electron chi connectivity index (χ4n) is 2.08. The molecule has 2 rings (SSSR count). The first-order chi connectivity index (χ1) is 11.2. The predicted octanol–water partition coefficient (Wildman–Crippen LogP) is 1.52. The van der Waals surface area contributed by atoms with Crippen molar-refractivity contribution in [1.29, 1.82) is 0 Å². The SMILES string of the molecule is C=CCN(CCO)C(=O)NC(C)c1cn(-c2ccccc2)nn1. The highest BCUT2D eigenvalue weighted by Crippen LogP contribution is 2.12. The maximum absolute atomic E-state index is 12.2. The summed E-state index contributed by atoms with van der Waals surface area (Å²) in [5, 5.41) is 20.0. The number of nitrogens with zero attached hydrogens (tertiary/aromatic N) is 4. The Bertz CT molecular complexity index is 641. The number of aliphatic hydroxyl groups is 1. The third-order valence-electron chi connectivity index (χ3n) is 3.32. The van der Waals surface area contributed by atoms with Crippen LogP contribution in [0.4, 0.5) is 4.79 Å². The zero-order valence-electron chi connectivity index (χ0n) is 13.1. The monoisotopic (exact) mass is 315 g/mol. The maximum Gasteiger partial charge on any atom is 0.318 e. The van der Waals surface area contributed by atoms with E-state index in [0.717, 1.165) is 5.69 Å². The second-order valence-corrected chi connectivity index (χ2v) is 5.05. The van der Waals surface area contributed by atoms with E-state index in [1.54, 1.807) is 17.0 Å². The van der Waals surface area contributed by atoms with E-state index in [1.807, 2.05) is 37.3 Å². The lowest BCUT2D eigenvalue weighted by Gasteiger charge is -2.22. The van der Waals surface area contributed by atoms with E-state index in [0.29, 0.717) is 12.2 Å². The summed E-state index contributed by atoms with van der Waals surface area (Å²) in [5.74, 6) is 0. The summed E-state index contributed by atoms with van der Waals surface area (Å²) < 4.78 is 1.66. The topological polar surface area (TPSA) is 83.3 Å². The molecule has 122 valence electrons. The van der Waals surface area contributed by atoms with Crippen LogP contribution in [-0.2, 0) is 0 Å². The Kier molecular flexibility index (Phi) is 5.87. The van der Waals surface area contributed by atoms with Crippen LogP contribution in [0, 0.1) is 0 Å². The fourth-order valence-corrected chi connectivity index (χ4v) is 2.08. The number of nitrogens with one attached hydrogen (secondary N) is 1. The van der Waals surface area contributed by atoms with Crippen molar-refractivity contribution in [3.8, 4) is 5.69 Å². The molecule has 2 N–H and O–H groups in total. The van der Waals surface area contributed by atoms with Crippen molar-refractivity contribution < 1.29 is 9.90 Å². The number of carbonyl (C=O) groups excluding carboxylic acids is 1. The Balaban J connectivity index is 2.03. The molecule has 0 radical (unpaired) electrons. The summed E-state index contributed by atoms with van der Waals surface area (Å²) >= 11 is 0. The Morgan fingerprint density at radius 1 is 1.48 bits per heavy atom. The van der Waals surface area contributed by atoms with Gasteiger partial charge in [0.15, 0.2) is 0 Å². The molecular weight excluding hydrogens is 294 g/mol.